The Bertz CT molecular complexity index is 926. The van der Waals surface area contributed by atoms with E-state index in [0.29, 0.717) is 24.2 Å². The normalized spacial score (nSPS) is 13.8. The third-order valence-electron chi connectivity index (χ3n) is 4.51. The number of pyridine rings is 1. The third kappa shape index (κ3) is 3.91. The quantitative estimate of drug-likeness (QED) is 0.788. The van der Waals surface area contributed by atoms with Gasteiger partial charge >= 0.3 is 5.97 Å². The standard InChI is InChI=1S/C18H22N4O5/c1-4-21(9-14-19-16(27-20-14)11-5-6-11)17(24)12-7-22(10(2)3)8-13(15(12)23)18(25)26/h7-8,10-11H,4-6,9H2,1-3H3,(H,25,26). The highest BCUT2D eigenvalue weighted by molar-refractivity contribution is 5.96. The molecular weight excluding hydrogens is 352 g/mol. The number of carboxylic acid groups (broad SMARTS) is 1. The van der Waals surface area contributed by atoms with Crippen molar-refractivity contribution < 1.29 is 19.2 Å². The van der Waals surface area contributed by atoms with Crippen LogP contribution in [-0.4, -0.2) is 43.1 Å². The van der Waals surface area contributed by atoms with Crippen LogP contribution in [0.25, 0.3) is 0 Å². The average molecular weight is 374 g/mol. The Kier molecular flexibility index (Phi) is 5.11. The zero-order valence-corrected chi connectivity index (χ0v) is 15.5. The smallest absolute Gasteiger partial charge is 0.341 e. The highest BCUT2D eigenvalue weighted by Crippen LogP contribution is 2.38. The fourth-order valence-electron chi connectivity index (χ4n) is 2.70. The van der Waals surface area contributed by atoms with Gasteiger partial charge in [0.05, 0.1) is 6.54 Å². The van der Waals surface area contributed by atoms with Crippen LogP contribution in [0.15, 0.2) is 21.7 Å². The van der Waals surface area contributed by atoms with E-state index in [1.54, 1.807) is 11.5 Å². The van der Waals surface area contributed by atoms with E-state index in [1.807, 2.05) is 13.8 Å². The van der Waals surface area contributed by atoms with Crippen LogP contribution in [0.4, 0.5) is 0 Å². The minimum absolute atomic E-state index is 0.0873. The second kappa shape index (κ2) is 7.34. The summed E-state index contributed by atoms with van der Waals surface area (Å²) in [5, 5.41) is 13.2. The van der Waals surface area contributed by atoms with Crippen molar-refractivity contribution in [1.82, 2.24) is 19.6 Å². The molecule has 1 saturated carbocycles. The first kappa shape index (κ1) is 18.8. The predicted molar refractivity (Wildman–Crippen MR) is 94.7 cm³/mol. The van der Waals surface area contributed by atoms with E-state index < -0.39 is 22.9 Å². The summed E-state index contributed by atoms with van der Waals surface area (Å²) in [7, 11) is 0. The topological polar surface area (TPSA) is 119 Å². The van der Waals surface area contributed by atoms with Gasteiger partial charge in [-0.15, -0.1) is 0 Å². The van der Waals surface area contributed by atoms with Crippen LogP contribution >= 0.6 is 0 Å². The number of hydrogen-bond acceptors (Lipinski definition) is 6. The number of amides is 1. The molecule has 0 aromatic carbocycles. The number of rotatable bonds is 7. The Morgan fingerprint density at radius 3 is 2.56 bits per heavy atom. The lowest BCUT2D eigenvalue weighted by Crippen LogP contribution is -2.36. The van der Waals surface area contributed by atoms with Crippen LogP contribution in [0, 0.1) is 0 Å². The van der Waals surface area contributed by atoms with Crippen LogP contribution < -0.4 is 5.43 Å². The molecule has 3 rings (SSSR count). The van der Waals surface area contributed by atoms with Gasteiger partial charge < -0.3 is 19.1 Å². The van der Waals surface area contributed by atoms with Crippen LogP contribution in [0.3, 0.4) is 0 Å². The fraction of sp³-hybridized carbons (Fsp3) is 0.500. The van der Waals surface area contributed by atoms with Crippen molar-refractivity contribution in [2.24, 2.45) is 0 Å². The van der Waals surface area contributed by atoms with E-state index in [0.717, 1.165) is 12.8 Å². The van der Waals surface area contributed by atoms with Crippen LogP contribution in [-0.2, 0) is 6.54 Å². The maximum absolute atomic E-state index is 12.9. The van der Waals surface area contributed by atoms with Gasteiger partial charge in [0.2, 0.25) is 11.3 Å². The van der Waals surface area contributed by atoms with Gasteiger partial charge in [0.25, 0.3) is 5.91 Å². The Balaban J connectivity index is 1.91. The molecule has 0 unspecified atom stereocenters. The van der Waals surface area contributed by atoms with E-state index in [2.05, 4.69) is 10.1 Å². The van der Waals surface area contributed by atoms with Crippen molar-refractivity contribution in [2.75, 3.05) is 6.54 Å². The van der Waals surface area contributed by atoms with Gasteiger partial charge in [-0.1, -0.05) is 5.16 Å². The summed E-state index contributed by atoms with van der Waals surface area (Å²) in [6, 6.07) is -0.108. The lowest BCUT2D eigenvalue weighted by Gasteiger charge is -2.20. The molecule has 1 aliphatic rings. The molecule has 1 fully saturated rings. The molecule has 0 spiro atoms. The van der Waals surface area contributed by atoms with Crippen molar-refractivity contribution in [3.8, 4) is 0 Å². The van der Waals surface area contributed by atoms with Crippen LogP contribution in [0.1, 0.15) is 78.0 Å². The highest BCUT2D eigenvalue weighted by atomic mass is 16.5. The van der Waals surface area contributed by atoms with Gasteiger partial charge in [0.1, 0.15) is 11.1 Å². The first-order chi connectivity index (χ1) is 12.8. The molecule has 2 aromatic rings. The number of hydrogen-bond donors (Lipinski definition) is 1. The Labute approximate surface area is 155 Å². The molecule has 1 amide bonds. The van der Waals surface area contributed by atoms with Crippen LogP contribution in [0.5, 0.6) is 0 Å². The second-order valence-electron chi connectivity index (χ2n) is 6.90. The highest BCUT2D eigenvalue weighted by Gasteiger charge is 2.30. The summed E-state index contributed by atoms with van der Waals surface area (Å²) >= 11 is 0. The molecule has 144 valence electrons. The molecule has 1 N–H and O–H groups in total. The maximum Gasteiger partial charge on any atom is 0.341 e. The van der Waals surface area contributed by atoms with E-state index in [-0.39, 0.29) is 18.2 Å². The minimum Gasteiger partial charge on any atom is -0.477 e. The van der Waals surface area contributed by atoms with Gasteiger partial charge in [-0.05, 0) is 33.6 Å². The summed E-state index contributed by atoms with van der Waals surface area (Å²) in [5.41, 5.74) is -1.41. The van der Waals surface area contributed by atoms with Crippen molar-refractivity contribution >= 4 is 11.9 Å². The minimum atomic E-state index is -1.36. The Morgan fingerprint density at radius 2 is 2.00 bits per heavy atom. The molecule has 2 aromatic heterocycles. The molecule has 27 heavy (non-hydrogen) atoms. The van der Waals surface area contributed by atoms with Crippen molar-refractivity contribution in [3.63, 3.8) is 0 Å². The van der Waals surface area contributed by atoms with E-state index >= 15 is 0 Å². The molecule has 2 heterocycles. The van der Waals surface area contributed by atoms with E-state index in [1.165, 1.54) is 17.3 Å². The van der Waals surface area contributed by atoms with Crippen molar-refractivity contribution in [1.29, 1.82) is 0 Å². The van der Waals surface area contributed by atoms with Crippen LogP contribution in [0.2, 0.25) is 0 Å². The molecule has 0 saturated heterocycles. The zero-order valence-electron chi connectivity index (χ0n) is 15.5. The van der Waals surface area contributed by atoms with Gasteiger partial charge in [0.15, 0.2) is 5.82 Å². The van der Waals surface area contributed by atoms with Gasteiger partial charge in [-0.3, -0.25) is 9.59 Å². The molecule has 0 radical (unpaired) electrons. The summed E-state index contributed by atoms with van der Waals surface area (Å²) in [4.78, 5) is 42.5. The first-order valence-corrected chi connectivity index (χ1v) is 8.92. The molecule has 0 bridgehead atoms. The van der Waals surface area contributed by atoms with E-state index in [4.69, 9.17) is 4.52 Å². The number of aromatic carboxylic acids is 1. The van der Waals surface area contributed by atoms with Gasteiger partial charge in [0, 0.05) is 30.9 Å². The molecule has 9 heteroatoms. The molecular formula is C18H22N4O5. The zero-order chi connectivity index (χ0) is 19.7. The van der Waals surface area contributed by atoms with Gasteiger partial charge in [-0.25, -0.2) is 4.79 Å². The summed E-state index contributed by atoms with van der Waals surface area (Å²) in [6.45, 7) is 5.83. The first-order valence-electron chi connectivity index (χ1n) is 8.92. The lowest BCUT2D eigenvalue weighted by atomic mass is 10.1. The number of carbonyl (C=O) groups excluding carboxylic acids is 1. The summed E-state index contributed by atoms with van der Waals surface area (Å²) in [5.74, 6) is -0.672. The number of carbonyl (C=O) groups is 2. The Morgan fingerprint density at radius 1 is 1.33 bits per heavy atom. The van der Waals surface area contributed by atoms with Gasteiger partial charge in [-0.2, -0.15) is 4.98 Å². The number of aromatic nitrogens is 3. The SMILES string of the molecule is CCN(Cc1noc(C2CC2)n1)C(=O)c1cn(C(C)C)cc(C(=O)O)c1=O. The molecule has 1 aliphatic carbocycles. The van der Waals surface area contributed by atoms with Crippen molar-refractivity contribution in [3.05, 3.63) is 45.5 Å². The molecule has 9 nitrogen and oxygen atoms in total. The predicted octanol–water partition coefficient (Wildman–Crippen LogP) is 2.05. The number of nitrogens with zero attached hydrogens (tertiary/aromatic N) is 4. The average Bonchev–Trinajstić information content (AvgIpc) is 3.37. The lowest BCUT2D eigenvalue weighted by molar-refractivity contribution is 0.0694. The van der Waals surface area contributed by atoms with E-state index in [9.17, 15) is 19.5 Å². The second-order valence-corrected chi connectivity index (χ2v) is 6.90. The molecule has 0 aliphatic heterocycles. The largest absolute Gasteiger partial charge is 0.477 e. The Hall–Kier alpha value is -2.97. The fourth-order valence-corrected chi connectivity index (χ4v) is 2.70. The van der Waals surface area contributed by atoms with Crippen molar-refractivity contribution in [2.45, 2.75) is 52.1 Å². The number of carboxylic acids is 1. The monoisotopic (exact) mass is 374 g/mol. The molecule has 0 atom stereocenters. The maximum atomic E-state index is 12.9. The summed E-state index contributed by atoms with van der Waals surface area (Å²) in [6.07, 6.45) is 4.70. The summed E-state index contributed by atoms with van der Waals surface area (Å²) < 4.78 is 6.75. The third-order valence-corrected chi connectivity index (χ3v) is 4.51.